The van der Waals surface area contributed by atoms with Crippen LogP contribution in [-0.2, 0) is 0 Å². The zero-order valence-corrected chi connectivity index (χ0v) is 26.8. The molecule has 1 atom stereocenters. The minimum atomic E-state index is -2.06. The number of alkyl halides is 1. The molecule has 0 radical (unpaired) electrons. The molecule has 0 bridgehead atoms. The Kier molecular flexibility index (Phi) is 9.36. The van der Waals surface area contributed by atoms with Crippen molar-refractivity contribution in [2.45, 2.75) is 71.2 Å². The third-order valence-corrected chi connectivity index (χ3v) is 8.38. The van der Waals surface area contributed by atoms with Crippen molar-refractivity contribution in [3.63, 3.8) is 0 Å². The number of hydrogen-bond donors (Lipinski definition) is 1. The Morgan fingerprint density at radius 2 is 1.80 bits per heavy atom. The number of fused-ring (bicyclic) bond motifs is 1. The summed E-state index contributed by atoms with van der Waals surface area (Å²) in [6.45, 7) is 13.5. The Labute approximate surface area is 258 Å². The van der Waals surface area contributed by atoms with Crippen molar-refractivity contribution in [3.05, 3.63) is 53.4 Å². The number of anilines is 3. The quantitative estimate of drug-likeness (QED) is 0.286. The largest absolute Gasteiger partial charge is 0.451 e. The lowest BCUT2D eigenvalue weighted by Crippen LogP contribution is -2.49. The van der Waals surface area contributed by atoms with Crippen LogP contribution in [0.4, 0.5) is 30.6 Å². The fraction of sp³-hybridized carbons (Fsp3) is 0.545. The maximum atomic E-state index is 15.3. The summed E-state index contributed by atoms with van der Waals surface area (Å²) in [5.74, 6) is -2.41. The molecule has 0 amide bonds. The summed E-state index contributed by atoms with van der Waals surface area (Å²) in [4.78, 5) is 19.9. The number of piperidine rings is 1. The van der Waals surface area contributed by atoms with Crippen LogP contribution in [0.5, 0.6) is 5.75 Å². The molecule has 1 N–H and O–H groups in total. The highest BCUT2D eigenvalue weighted by Gasteiger charge is 2.39. The lowest BCUT2D eigenvalue weighted by molar-refractivity contribution is -0.0475. The van der Waals surface area contributed by atoms with Crippen LogP contribution in [0.1, 0.15) is 70.6 Å². The van der Waals surface area contributed by atoms with Gasteiger partial charge in [0.2, 0.25) is 5.95 Å². The number of benzene rings is 1. The molecule has 2 aromatic heterocycles. The number of aromatic nitrogens is 3. The van der Waals surface area contributed by atoms with Crippen molar-refractivity contribution in [2.75, 3.05) is 57.0 Å². The molecule has 4 heterocycles. The van der Waals surface area contributed by atoms with E-state index in [0.717, 1.165) is 57.0 Å². The van der Waals surface area contributed by atoms with Crippen LogP contribution in [0.2, 0.25) is 0 Å². The number of nitrogens with one attached hydrogen (secondary N) is 1. The average Bonchev–Trinajstić information content (AvgIpc) is 2.97. The molecule has 1 aromatic carbocycles. The zero-order chi connectivity index (χ0) is 31.8. The van der Waals surface area contributed by atoms with Crippen molar-refractivity contribution >= 4 is 17.5 Å². The molecule has 1 fully saturated rings. The van der Waals surface area contributed by atoms with Gasteiger partial charge in [0.05, 0.1) is 18.4 Å². The number of rotatable bonds is 9. The van der Waals surface area contributed by atoms with Gasteiger partial charge in [0.1, 0.15) is 11.5 Å². The lowest BCUT2D eigenvalue weighted by atomic mass is 9.86. The number of likely N-dealkylation sites (N-methyl/N-ethyl adjacent to an activating group) is 1. The lowest BCUT2D eigenvalue weighted by Gasteiger charge is -2.40. The van der Waals surface area contributed by atoms with E-state index in [1.165, 1.54) is 12.5 Å². The fourth-order valence-electron chi connectivity index (χ4n) is 6.04. The van der Waals surface area contributed by atoms with Gasteiger partial charge in [-0.1, -0.05) is 19.9 Å². The summed E-state index contributed by atoms with van der Waals surface area (Å²) in [5.41, 5.74) is 2.76. The summed E-state index contributed by atoms with van der Waals surface area (Å²) in [7, 11) is 4.21. The fourth-order valence-corrected chi connectivity index (χ4v) is 6.04. The summed E-state index contributed by atoms with van der Waals surface area (Å²) in [6, 6.07) is 6.60. The van der Waals surface area contributed by atoms with E-state index in [4.69, 9.17) is 9.72 Å². The van der Waals surface area contributed by atoms with E-state index in [-0.39, 0.29) is 41.5 Å². The van der Waals surface area contributed by atoms with Gasteiger partial charge < -0.3 is 24.8 Å². The van der Waals surface area contributed by atoms with Crippen molar-refractivity contribution in [1.29, 1.82) is 0 Å². The average molecular weight is 612 g/mol. The maximum absolute atomic E-state index is 15.3. The molecule has 238 valence electrons. The Hall–Kier alpha value is -3.44. The summed E-state index contributed by atoms with van der Waals surface area (Å²) in [6.07, 6.45) is 3.24. The Bertz CT molecular complexity index is 1470. The van der Waals surface area contributed by atoms with Crippen molar-refractivity contribution in [3.8, 4) is 17.0 Å². The zero-order valence-electron chi connectivity index (χ0n) is 26.8. The molecule has 1 saturated heterocycles. The van der Waals surface area contributed by atoms with Gasteiger partial charge in [0, 0.05) is 37.3 Å². The molecule has 0 aliphatic carbocycles. The first-order valence-corrected chi connectivity index (χ1v) is 15.5. The SMILES string of the molecule is CC(C)c1nc(Nc2ncc(F)c(-c3cc(F)c4c(c3)N(C(C)C)CC(C)(F)O4)n2)ccc1C1CCN(CCN(C)C)CC1. The van der Waals surface area contributed by atoms with E-state index >= 15 is 8.78 Å². The second-order valence-electron chi connectivity index (χ2n) is 13.0. The van der Waals surface area contributed by atoms with Crippen LogP contribution in [0.25, 0.3) is 11.3 Å². The molecule has 2 aliphatic rings. The summed E-state index contributed by atoms with van der Waals surface area (Å²) >= 11 is 0. The molecule has 2 aliphatic heterocycles. The molecule has 1 unspecified atom stereocenters. The van der Waals surface area contributed by atoms with Gasteiger partial charge in [0.25, 0.3) is 5.85 Å². The maximum Gasteiger partial charge on any atom is 0.263 e. The molecule has 11 heteroatoms. The number of nitrogens with zero attached hydrogens (tertiary/aromatic N) is 6. The topological polar surface area (TPSA) is 69.6 Å². The molecular formula is C33H44F3N7O. The third kappa shape index (κ3) is 7.10. The standard InChI is InChI=1S/C33H44F3N7O/c1-20(2)29-24(22-10-12-42(13-11-22)15-14-41(6)7)8-9-28(38-29)39-32-37-18-26(35)30(40-32)23-16-25(34)31-27(17-23)43(21(3)4)19-33(5,36)44-31/h8-9,16-18,20-22H,10-15,19H2,1-7H3,(H,37,38,39,40). The second kappa shape index (κ2) is 12.9. The number of pyridine rings is 1. The predicted molar refractivity (Wildman–Crippen MR) is 169 cm³/mol. The first-order chi connectivity index (χ1) is 20.8. The first-order valence-electron chi connectivity index (χ1n) is 15.5. The van der Waals surface area contributed by atoms with E-state index in [1.807, 2.05) is 19.9 Å². The van der Waals surface area contributed by atoms with Crippen LogP contribution in [0.15, 0.2) is 30.5 Å². The molecule has 0 saturated carbocycles. The predicted octanol–water partition coefficient (Wildman–Crippen LogP) is 6.72. The Morgan fingerprint density at radius 1 is 1.07 bits per heavy atom. The molecule has 0 spiro atoms. The molecule has 44 heavy (non-hydrogen) atoms. The number of hydrogen-bond acceptors (Lipinski definition) is 8. The van der Waals surface area contributed by atoms with Gasteiger partial charge >= 0.3 is 0 Å². The summed E-state index contributed by atoms with van der Waals surface area (Å²) < 4.78 is 50.5. The summed E-state index contributed by atoms with van der Waals surface area (Å²) in [5, 5.41) is 3.12. The van der Waals surface area contributed by atoms with E-state index < -0.39 is 17.5 Å². The molecule has 5 rings (SSSR count). The van der Waals surface area contributed by atoms with Crippen LogP contribution < -0.4 is 15.0 Å². The minimum absolute atomic E-state index is 0.0804. The number of halogens is 3. The second-order valence-corrected chi connectivity index (χ2v) is 13.0. The monoisotopic (exact) mass is 611 g/mol. The number of ether oxygens (including phenoxy) is 1. The van der Waals surface area contributed by atoms with Crippen LogP contribution >= 0.6 is 0 Å². The van der Waals surface area contributed by atoms with E-state index in [2.05, 4.69) is 59.1 Å². The van der Waals surface area contributed by atoms with Gasteiger partial charge in [-0.15, -0.1) is 0 Å². The van der Waals surface area contributed by atoms with Crippen molar-refractivity contribution in [1.82, 2.24) is 24.8 Å². The van der Waals surface area contributed by atoms with Crippen LogP contribution in [-0.4, -0.2) is 83.5 Å². The van der Waals surface area contributed by atoms with Crippen molar-refractivity contribution < 1.29 is 17.9 Å². The van der Waals surface area contributed by atoms with Gasteiger partial charge in [-0.2, -0.15) is 4.39 Å². The van der Waals surface area contributed by atoms with Crippen LogP contribution in [0.3, 0.4) is 0 Å². The smallest absolute Gasteiger partial charge is 0.263 e. The molecule has 8 nitrogen and oxygen atoms in total. The minimum Gasteiger partial charge on any atom is -0.451 e. The first kappa shape index (κ1) is 32.0. The highest BCUT2D eigenvalue weighted by atomic mass is 19.2. The molecule has 3 aromatic rings. The Morgan fingerprint density at radius 3 is 2.45 bits per heavy atom. The highest BCUT2D eigenvalue weighted by molar-refractivity contribution is 5.73. The van der Waals surface area contributed by atoms with Crippen molar-refractivity contribution in [2.24, 2.45) is 0 Å². The van der Waals surface area contributed by atoms with E-state index in [9.17, 15) is 4.39 Å². The molecular weight excluding hydrogens is 567 g/mol. The normalized spacial score (nSPS) is 19.5. The Balaban J connectivity index is 1.38. The third-order valence-electron chi connectivity index (χ3n) is 8.38. The van der Waals surface area contributed by atoms with E-state index in [1.54, 1.807) is 11.0 Å². The van der Waals surface area contributed by atoms with E-state index in [0.29, 0.717) is 17.4 Å². The van der Waals surface area contributed by atoms with Crippen LogP contribution in [0, 0.1) is 11.6 Å². The highest BCUT2D eigenvalue weighted by Crippen LogP contribution is 2.43. The van der Waals surface area contributed by atoms with Gasteiger partial charge in [-0.05, 0) is 89.5 Å². The van der Waals surface area contributed by atoms with Gasteiger partial charge in [0.15, 0.2) is 17.4 Å². The van der Waals surface area contributed by atoms with Gasteiger partial charge in [-0.3, -0.25) is 0 Å². The number of likely N-dealkylation sites (tertiary alicyclic amines) is 1. The van der Waals surface area contributed by atoms with Gasteiger partial charge in [-0.25, -0.2) is 23.7 Å².